The van der Waals surface area contributed by atoms with Gasteiger partial charge < -0.3 is 54.0 Å². The summed E-state index contributed by atoms with van der Waals surface area (Å²) >= 11 is 0. The summed E-state index contributed by atoms with van der Waals surface area (Å²) in [4.78, 5) is 68.7. The van der Waals surface area contributed by atoms with Gasteiger partial charge in [-0.15, -0.1) is 0 Å². The van der Waals surface area contributed by atoms with Gasteiger partial charge in [-0.25, -0.2) is 0 Å². The van der Waals surface area contributed by atoms with Crippen molar-refractivity contribution in [3.63, 3.8) is 0 Å². The van der Waals surface area contributed by atoms with E-state index in [1.807, 2.05) is 0 Å². The standard InChI is InChI=1S/C43H65F17N6O14/c1-30(34(73)61-4-5-62-6-8-63(27-31(67)68)10-12-65(29-33(71)72)13-11-64(9-7-62)28-32(69)70)35(74)66(15-18-77-21-22-79-25-26-80-24-23-78-20-19-75-2)14-17-76-16-3-36(44,45)37(46,47)38(48,49)39(50,51)40(52,53)41(54,55)42(56,57)43(58,59)60/h30H,3-29H2,1-2H3,(H,61,73)(H,67,68)(H,69,70)(H,71,72). The normalized spacial score (nSPS) is 16.7. The van der Waals surface area contributed by atoms with Gasteiger partial charge in [-0.2, -0.15) is 74.6 Å². The van der Waals surface area contributed by atoms with E-state index < -0.39 is 136 Å². The smallest absolute Gasteiger partial charge is 0.460 e. The number of carboxylic acids is 3. The minimum absolute atomic E-state index is 0.0126. The number of carboxylic acid groups (broad SMARTS) is 3. The maximum atomic E-state index is 14.5. The summed E-state index contributed by atoms with van der Waals surface area (Å²) in [5.74, 6) is -64.8. The molecule has 470 valence electrons. The summed E-state index contributed by atoms with van der Waals surface area (Å²) in [5.41, 5.74) is 0. The van der Waals surface area contributed by atoms with Gasteiger partial charge in [0.25, 0.3) is 0 Å². The molecule has 2 amide bonds. The van der Waals surface area contributed by atoms with Crippen LogP contribution >= 0.6 is 0 Å². The number of aliphatic carboxylic acids is 3. The number of nitrogens with one attached hydrogen (secondary N) is 1. The van der Waals surface area contributed by atoms with Crippen LogP contribution in [0.5, 0.6) is 0 Å². The molecular formula is C43H65F17N6O14. The topological polar surface area (TPSA) is 230 Å². The molecule has 1 unspecified atom stereocenters. The van der Waals surface area contributed by atoms with Crippen LogP contribution in [-0.2, 0) is 52.4 Å². The molecule has 1 aliphatic heterocycles. The number of methoxy groups -OCH3 is 1. The largest absolute Gasteiger partial charge is 0.480 e. The average Bonchev–Trinajstić information content (AvgIpc) is 3.34. The third kappa shape index (κ3) is 21.8. The zero-order valence-corrected chi connectivity index (χ0v) is 43.2. The summed E-state index contributed by atoms with van der Waals surface area (Å²) in [6.45, 7) is -2.94. The highest BCUT2D eigenvalue weighted by molar-refractivity contribution is 5.99. The molecule has 0 aliphatic carbocycles. The van der Waals surface area contributed by atoms with Crippen LogP contribution < -0.4 is 5.32 Å². The lowest BCUT2D eigenvalue weighted by Gasteiger charge is -2.42. The lowest BCUT2D eigenvalue weighted by atomic mass is 9.88. The number of carbonyl (C=O) groups excluding carboxylic acids is 2. The lowest BCUT2D eigenvalue weighted by Crippen LogP contribution is -2.74. The molecule has 0 aromatic carbocycles. The number of hydrogen-bond donors (Lipinski definition) is 4. The van der Waals surface area contributed by atoms with Crippen LogP contribution in [0.25, 0.3) is 0 Å². The molecule has 80 heavy (non-hydrogen) atoms. The number of amides is 2. The van der Waals surface area contributed by atoms with E-state index in [4.69, 9.17) is 23.7 Å². The van der Waals surface area contributed by atoms with E-state index in [2.05, 4.69) is 10.1 Å². The Balaban J connectivity index is 3.17. The van der Waals surface area contributed by atoms with Gasteiger partial charge in [-0.3, -0.25) is 43.6 Å². The molecule has 0 radical (unpaired) electrons. The second-order valence-electron chi connectivity index (χ2n) is 17.6. The summed E-state index contributed by atoms with van der Waals surface area (Å²) < 4.78 is 264. The molecule has 1 heterocycles. The number of halogens is 17. The van der Waals surface area contributed by atoms with Crippen LogP contribution in [0.1, 0.15) is 13.3 Å². The monoisotopic (exact) mass is 1210 g/mol. The zero-order chi connectivity index (χ0) is 61.4. The van der Waals surface area contributed by atoms with Crippen molar-refractivity contribution in [2.75, 3.05) is 178 Å². The van der Waals surface area contributed by atoms with Gasteiger partial charge in [0, 0.05) is 92.1 Å². The Labute approximate surface area is 446 Å². The van der Waals surface area contributed by atoms with Crippen LogP contribution in [0.4, 0.5) is 74.6 Å². The van der Waals surface area contributed by atoms with Crippen LogP contribution in [-0.4, -0.2) is 295 Å². The van der Waals surface area contributed by atoms with Crippen molar-refractivity contribution in [2.45, 2.75) is 61.0 Å². The number of hydrogen-bond acceptors (Lipinski definition) is 15. The number of nitrogens with zero attached hydrogens (tertiary/aromatic N) is 5. The zero-order valence-electron chi connectivity index (χ0n) is 43.2. The predicted octanol–water partition coefficient (Wildman–Crippen LogP) is 3.17. The first-order valence-electron chi connectivity index (χ1n) is 24.1. The molecule has 0 aromatic heterocycles. The van der Waals surface area contributed by atoms with Crippen molar-refractivity contribution in [1.29, 1.82) is 0 Å². The van der Waals surface area contributed by atoms with E-state index in [0.717, 1.165) is 11.8 Å². The molecule has 1 fully saturated rings. The highest BCUT2D eigenvalue weighted by Gasteiger charge is 2.95. The maximum Gasteiger partial charge on any atom is 0.460 e. The van der Waals surface area contributed by atoms with Gasteiger partial charge in [0.1, 0.15) is 5.92 Å². The molecule has 1 saturated heterocycles. The highest BCUT2D eigenvalue weighted by Crippen LogP contribution is 2.64. The summed E-state index contributed by atoms with van der Waals surface area (Å²) in [6, 6.07) is 0. The first-order chi connectivity index (χ1) is 36.9. The van der Waals surface area contributed by atoms with Gasteiger partial charge in [-0.1, -0.05) is 0 Å². The summed E-state index contributed by atoms with van der Waals surface area (Å²) in [7, 11) is 1.49. The first kappa shape index (κ1) is 73.8. The van der Waals surface area contributed by atoms with Gasteiger partial charge in [0.15, 0.2) is 0 Å². The van der Waals surface area contributed by atoms with Gasteiger partial charge in [0.05, 0.1) is 92.3 Å². The second kappa shape index (κ2) is 33.2. The minimum atomic E-state index is -8.78. The molecule has 1 atom stereocenters. The highest BCUT2D eigenvalue weighted by atomic mass is 19.4. The first-order valence-corrected chi connectivity index (χ1v) is 24.1. The van der Waals surface area contributed by atoms with Gasteiger partial charge in [0.2, 0.25) is 11.8 Å². The number of alkyl halides is 17. The summed E-state index contributed by atoms with van der Waals surface area (Å²) in [5, 5.41) is 30.8. The molecule has 37 heteroatoms. The third-order valence-corrected chi connectivity index (χ3v) is 11.7. The molecule has 0 bridgehead atoms. The van der Waals surface area contributed by atoms with Crippen molar-refractivity contribution >= 4 is 29.7 Å². The molecule has 0 spiro atoms. The van der Waals surface area contributed by atoms with Crippen LogP contribution in [0, 0.1) is 5.92 Å². The van der Waals surface area contributed by atoms with Gasteiger partial charge >= 0.3 is 65.5 Å². The summed E-state index contributed by atoms with van der Waals surface area (Å²) in [6.07, 6.45) is -10.8. The molecular weight excluding hydrogens is 1150 g/mol. The van der Waals surface area contributed by atoms with Crippen LogP contribution in [0.2, 0.25) is 0 Å². The van der Waals surface area contributed by atoms with Crippen molar-refractivity contribution < 1.29 is 142 Å². The Morgan fingerprint density at radius 3 is 1.12 bits per heavy atom. The Kier molecular flexibility index (Phi) is 30.6. The molecule has 0 saturated carbocycles. The van der Waals surface area contributed by atoms with E-state index in [0.29, 0.717) is 13.2 Å². The fourth-order valence-corrected chi connectivity index (χ4v) is 6.97. The lowest BCUT2D eigenvalue weighted by molar-refractivity contribution is -0.462. The number of rotatable bonds is 38. The van der Waals surface area contributed by atoms with E-state index >= 15 is 0 Å². The SMILES string of the molecule is COCCOCCOCCOCCOCCN(CCOCCC(F)(F)C(F)(F)C(F)(F)C(F)(F)C(F)(F)C(F)(F)C(F)(F)C(F)(F)F)C(=O)C(C)C(=O)NCCN1CCN(CC(=O)O)CCN(CC(=O)O)CCN(CC(=O)O)CC1. The minimum Gasteiger partial charge on any atom is -0.480 e. The van der Waals surface area contributed by atoms with E-state index in [-0.39, 0.29) is 112 Å². The molecule has 1 rings (SSSR count). The Hall–Kier alpha value is -4.24. The maximum absolute atomic E-state index is 14.5. The van der Waals surface area contributed by atoms with Crippen LogP contribution in [0.3, 0.4) is 0 Å². The molecule has 0 aromatic rings. The van der Waals surface area contributed by atoms with Crippen molar-refractivity contribution in [3.8, 4) is 0 Å². The fraction of sp³-hybridized carbons (Fsp3) is 0.884. The van der Waals surface area contributed by atoms with Crippen molar-refractivity contribution in [1.82, 2.24) is 29.8 Å². The number of carbonyl (C=O) groups is 5. The van der Waals surface area contributed by atoms with Gasteiger partial charge in [-0.05, 0) is 6.92 Å². The Morgan fingerprint density at radius 2 is 0.775 bits per heavy atom. The average molecular weight is 1210 g/mol. The number of ether oxygens (including phenoxy) is 6. The predicted molar refractivity (Wildman–Crippen MR) is 239 cm³/mol. The molecule has 1 aliphatic rings. The third-order valence-electron chi connectivity index (χ3n) is 11.7. The fourth-order valence-electron chi connectivity index (χ4n) is 6.97. The second-order valence-corrected chi connectivity index (χ2v) is 17.6. The Bertz CT molecular complexity index is 1870. The quantitative estimate of drug-likeness (QED) is 0.0395. The van der Waals surface area contributed by atoms with E-state index in [1.54, 1.807) is 4.90 Å². The van der Waals surface area contributed by atoms with E-state index in [1.165, 1.54) is 21.8 Å². The van der Waals surface area contributed by atoms with Crippen LogP contribution in [0.15, 0.2) is 0 Å². The molecule has 20 nitrogen and oxygen atoms in total. The van der Waals surface area contributed by atoms with E-state index in [9.17, 15) is 114 Å². The van der Waals surface area contributed by atoms with Crippen molar-refractivity contribution in [2.24, 2.45) is 5.92 Å². The molecule has 4 N–H and O–H groups in total. The van der Waals surface area contributed by atoms with Crippen molar-refractivity contribution in [3.05, 3.63) is 0 Å². The Morgan fingerprint density at radius 1 is 0.463 bits per heavy atom.